The van der Waals surface area contributed by atoms with Crippen LogP contribution in [0.15, 0.2) is 23.2 Å². The highest BCUT2D eigenvalue weighted by molar-refractivity contribution is 14.1. The van der Waals surface area contributed by atoms with Crippen LogP contribution < -0.4 is 5.32 Å². The molecule has 0 aliphatic carbocycles. The number of fused-ring (bicyclic) bond motifs is 1. The summed E-state index contributed by atoms with van der Waals surface area (Å²) >= 11 is 3.82. The molecular formula is C19H22IN5OS. The Bertz CT molecular complexity index is 902. The van der Waals surface area contributed by atoms with Gasteiger partial charge >= 0.3 is 0 Å². The van der Waals surface area contributed by atoms with E-state index in [1.165, 1.54) is 11.1 Å². The first kappa shape index (κ1) is 19.0. The first-order valence-electron chi connectivity index (χ1n) is 9.01. The van der Waals surface area contributed by atoms with E-state index in [1.807, 2.05) is 6.92 Å². The number of aryl methyl sites for hydroxylation is 1. The quantitative estimate of drug-likeness (QED) is 0.663. The second kappa shape index (κ2) is 7.94. The summed E-state index contributed by atoms with van der Waals surface area (Å²) in [6.07, 6.45) is 0. The Labute approximate surface area is 176 Å². The summed E-state index contributed by atoms with van der Waals surface area (Å²) in [7, 11) is 2.11. The summed E-state index contributed by atoms with van der Waals surface area (Å²) in [4.78, 5) is 27.0. The van der Waals surface area contributed by atoms with Crippen molar-refractivity contribution in [3.8, 4) is 10.4 Å². The first-order valence-corrected chi connectivity index (χ1v) is 10.9. The number of hydrogen-bond donors (Lipinski definition) is 1. The van der Waals surface area contributed by atoms with Gasteiger partial charge in [0.1, 0.15) is 3.72 Å². The van der Waals surface area contributed by atoms with Crippen molar-refractivity contribution in [1.29, 1.82) is 0 Å². The number of benzene rings is 1. The number of carbonyl (C=O) groups excluding carboxylic acids is 1. The van der Waals surface area contributed by atoms with E-state index in [4.69, 9.17) is 0 Å². The van der Waals surface area contributed by atoms with Crippen LogP contribution in [0.25, 0.3) is 10.4 Å². The van der Waals surface area contributed by atoms with E-state index < -0.39 is 0 Å². The smallest absolute Gasteiger partial charge is 0.240 e. The van der Waals surface area contributed by atoms with Crippen LogP contribution in [0.1, 0.15) is 16.8 Å². The van der Waals surface area contributed by atoms with E-state index in [-0.39, 0.29) is 5.91 Å². The molecule has 1 saturated heterocycles. The molecule has 142 valence electrons. The maximum atomic E-state index is 12.4. The van der Waals surface area contributed by atoms with E-state index in [9.17, 15) is 4.79 Å². The summed E-state index contributed by atoms with van der Waals surface area (Å²) in [5.74, 6) is 0.0109. The highest BCUT2D eigenvalue weighted by Crippen LogP contribution is 2.35. The molecule has 2 aliphatic heterocycles. The molecule has 0 bridgehead atoms. The average Bonchev–Trinajstić information content (AvgIpc) is 3.19. The maximum absolute atomic E-state index is 12.4. The van der Waals surface area contributed by atoms with Gasteiger partial charge in [0.2, 0.25) is 5.91 Å². The molecule has 2 aromatic rings. The average molecular weight is 495 g/mol. The van der Waals surface area contributed by atoms with E-state index in [1.54, 1.807) is 11.3 Å². The zero-order valence-corrected chi connectivity index (χ0v) is 18.4. The molecule has 1 aromatic heterocycles. The van der Waals surface area contributed by atoms with Gasteiger partial charge in [0.25, 0.3) is 0 Å². The number of aromatic nitrogens is 1. The van der Waals surface area contributed by atoms with Gasteiger partial charge in [-0.25, -0.2) is 4.98 Å². The minimum atomic E-state index is 0.0109. The first-order chi connectivity index (χ1) is 13.0. The van der Waals surface area contributed by atoms with Gasteiger partial charge in [-0.2, -0.15) is 0 Å². The number of likely N-dealkylation sites (N-methyl/N-ethyl adjacent to an activating group) is 1. The Balaban J connectivity index is 1.43. The minimum Gasteiger partial charge on any atom is -0.304 e. The van der Waals surface area contributed by atoms with Gasteiger partial charge in [-0.3, -0.25) is 14.7 Å². The highest BCUT2D eigenvalue weighted by atomic mass is 127. The molecule has 1 aromatic carbocycles. The van der Waals surface area contributed by atoms with Crippen molar-refractivity contribution in [2.24, 2.45) is 4.99 Å². The van der Waals surface area contributed by atoms with Gasteiger partial charge in [-0.05, 0) is 53.8 Å². The lowest BCUT2D eigenvalue weighted by Gasteiger charge is -2.31. The monoisotopic (exact) mass is 495 g/mol. The summed E-state index contributed by atoms with van der Waals surface area (Å²) < 4.78 is 1.08. The number of amides is 1. The van der Waals surface area contributed by atoms with Gasteiger partial charge in [0.05, 0.1) is 23.7 Å². The van der Waals surface area contributed by atoms with Crippen LogP contribution in [0.3, 0.4) is 0 Å². The number of hydrogen-bond acceptors (Lipinski definition) is 6. The van der Waals surface area contributed by atoms with E-state index in [2.05, 4.69) is 72.9 Å². The van der Waals surface area contributed by atoms with Crippen LogP contribution in [-0.4, -0.2) is 64.2 Å². The molecule has 4 rings (SSSR count). The number of aliphatic imine (C=N–C) groups is 1. The fourth-order valence-corrected chi connectivity index (χ4v) is 5.07. The molecule has 6 nitrogen and oxygen atoms in total. The van der Waals surface area contributed by atoms with Gasteiger partial charge in [-0.15, -0.1) is 0 Å². The third-order valence-electron chi connectivity index (χ3n) is 4.98. The van der Waals surface area contributed by atoms with Crippen LogP contribution in [0.2, 0.25) is 0 Å². The summed E-state index contributed by atoms with van der Waals surface area (Å²) in [5.41, 5.74) is 4.57. The van der Waals surface area contributed by atoms with Crippen molar-refractivity contribution in [1.82, 2.24) is 14.8 Å². The minimum absolute atomic E-state index is 0.0109. The lowest BCUT2D eigenvalue weighted by atomic mass is 10.0. The zero-order valence-electron chi connectivity index (χ0n) is 15.5. The fourth-order valence-electron chi connectivity index (χ4n) is 3.39. The normalized spacial score (nSPS) is 17.7. The van der Waals surface area contributed by atoms with Crippen molar-refractivity contribution in [2.45, 2.75) is 13.5 Å². The van der Waals surface area contributed by atoms with Crippen molar-refractivity contribution in [3.63, 3.8) is 0 Å². The van der Waals surface area contributed by atoms with Crippen LogP contribution in [0.5, 0.6) is 0 Å². The van der Waals surface area contributed by atoms with Crippen molar-refractivity contribution < 1.29 is 4.79 Å². The van der Waals surface area contributed by atoms with Crippen LogP contribution in [0, 0.1) is 6.92 Å². The summed E-state index contributed by atoms with van der Waals surface area (Å²) in [6.45, 7) is 7.05. The molecule has 1 N–H and O–H groups in total. The maximum Gasteiger partial charge on any atom is 0.240 e. The van der Waals surface area contributed by atoms with Gasteiger partial charge in [0, 0.05) is 31.7 Å². The van der Waals surface area contributed by atoms with E-state index in [0.29, 0.717) is 11.7 Å². The number of nitrogens with one attached hydrogen (secondary N) is 1. The molecule has 27 heavy (non-hydrogen) atoms. The number of piperazine rings is 1. The molecule has 0 radical (unpaired) electrons. The van der Waals surface area contributed by atoms with E-state index >= 15 is 0 Å². The molecule has 0 unspecified atom stereocenters. The Hall–Kier alpha value is -1.36. The summed E-state index contributed by atoms with van der Waals surface area (Å²) in [6, 6.07) is 6.45. The second-order valence-corrected chi connectivity index (χ2v) is 9.06. The SMILES string of the molecule is Cc1nc(NC(=O)CN2CCN(C)CC2)sc1-c1ccc2c(c1)CN=C2I. The fraction of sp³-hybridized carbons (Fsp3) is 0.421. The predicted molar refractivity (Wildman–Crippen MR) is 119 cm³/mol. The summed E-state index contributed by atoms with van der Waals surface area (Å²) in [5, 5.41) is 3.65. The number of rotatable bonds is 4. The third-order valence-corrected chi connectivity index (χ3v) is 7.03. The standard InChI is InChI=1S/C19H22IN5OS/c1-12-17(13-3-4-15-14(9-13)10-21-18(15)20)27-19(22-12)23-16(26)11-25-7-5-24(2)6-8-25/h3-4,9H,5-8,10-11H2,1-2H3,(H,22,23,26). The molecule has 0 saturated carbocycles. The highest BCUT2D eigenvalue weighted by Gasteiger charge is 2.19. The van der Waals surface area contributed by atoms with Crippen LogP contribution in [-0.2, 0) is 11.3 Å². The van der Waals surface area contributed by atoms with Crippen molar-refractivity contribution >= 4 is 48.7 Å². The number of halogens is 1. The molecular weight excluding hydrogens is 473 g/mol. The molecule has 0 atom stereocenters. The number of thiazole rings is 1. The molecule has 0 spiro atoms. The molecule has 1 amide bonds. The van der Waals surface area contributed by atoms with Gasteiger partial charge < -0.3 is 10.2 Å². The lowest BCUT2D eigenvalue weighted by molar-refractivity contribution is -0.117. The number of anilines is 1. The number of nitrogens with zero attached hydrogens (tertiary/aromatic N) is 4. The molecule has 2 aliphatic rings. The topological polar surface area (TPSA) is 60.8 Å². The van der Waals surface area contributed by atoms with Crippen LogP contribution in [0.4, 0.5) is 5.13 Å². The van der Waals surface area contributed by atoms with Gasteiger partial charge in [-0.1, -0.05) is 23.5 Å². The Morgan fingerprint density at radius 1 is 1.30 bits per heavy atom. The van der Waals surface area contributed by atoms with Crippen LogP contribution >= 0.6 is 33.9 Å². The number of carbonyl (C=O) groups is 1. The second-order valence-electron chi connectivity index (χ2n) is 7.04. The molecule has 1 fully saturated rings. The van der Waals surface area contributed by atoms with Crippen molar-refractivity contribution in [3.05, 3.63) is 35.0 Å². The molecule has 3 heterocycles. The largest absolute Gasteiger partial charge is 0.304 e. The van der Waals surface area contributed by atoms with Crippen molar-refractivity contribution in [2.75, 3.05) is 45.1 Å². The molecule has 8 heteroatoms. The Morgan fingerprint density at radius 3 is 2.85 bits per heavy atom. The zero-order chi connectivity index (χ0) is 19.0. The van der Waals surface area contributed by atoms with E-state index in [0.717, 1.165) is 52.6 Å². The van der Waals surface area contributed by atoms with Gasteiger partial charge in [0.15, 0.2) is 5.13 Å². The predicted octanol–water partition coefficient (Wildman–Crippen LogP) is 3.00. The Morgan fingerprint density at radius 2 is 2.07 bits per heavy atom. The Kier molecular flexibility index (Phi) is 5.58. The lowest BCUT2D eigenvalue weighted by Crippen LogP contribution is -2.47. The third kappa shape index (κ3) is 4.23.